The summed E-state index contributed by atoms with van der Waals surface area (Å²) in [5, 5.41) is 9.02. The fraction of sp³-hybridized carbons (Fsp3) is 0.111. The van der Waals surface area contributed by atoms with Crippen LogP contribution in [0.3, 0.4) is 0 Å². The second-order valence-corrected chi connectivity index (χ2v) is 6.34. The van der Waals surface area contributed by atoms with Crippen LogP contribution < -0.4 is 0 Å². The summed E-state index contributed by atoms with van der Waals surface area (Å²) in [4.78, 5) is 26.2. The predicted octanol–water partition coefficient (Wildman–Crippen LogP) is 3.94. The maximum Gasteiger partial charge on any atom is 0.293 e. The Hall–Kier alpha value is -2.53. The Morgan fingerprint density at radius 3 is 2.35 bits per heavy atom. The van der Waals surface area contributed by atoms with Gasteiger partial charge in [0.15, 0.2) is 0 Å². The average Bonchev–Trinajstić information content (AvgIpc) is 2.79. The first-order chi connectivity index (χ1) is 11.0. The Labute approximate surface area is 138 Å². The molecule has 2 amide bonds. The van der Waals surface area contributed by atoms with E-state index in [1.807, 2.05) is 31.2 Å². The minimum absolute atomic E-state index is 0.162. The highest BCUT2D eigenvalue weighted by Gasteiger charge is 2.34. The molecule has 3 rings (SSSR count). The lowest BCUT2D eigenvalue weighted by Crippen LogP contribution is -2.27. The van der Waals surface area contributed by atoms with E-state index in [2.05, 4.69) is 0 Å². The molecular weight excluding hydrogens is 310 g/mol. The Morgan fingerprint density at radius 1 is 1.04 bits per heavy atom. The molecule has 4 nitrogen and oxygen atoms in total. The number of aryl methyl sites for hydroxylation is 1. The summed E-state index contributed by atoms with van der Waals surface area (Å²) in [6.45, 7) is 2.27. The Morgan fingerprint density at radius 2 is 1.70 bits per heavy atom. The zero-order chi connectivity index (χ0) is 16.4. The zero-order valence-corrected chi connectivity index (χ0v) is 13.3. The largest absolute Gasteiger partial charge is 0.508 e. The molecule has 0 bridgehead atoms. The van der Waals surface area contributed by atoms with Crippen molar-refractivity contribution >= 4 is 29.0 Å². The molecule has 0 aliphatic carbocycles. The number of carbonyl (C=O) groups excluding carboxylic acids is 2. The summed E-state index contributed by atoms with van der Waals surface area (Å²) in [5.74, 6) is -0.122. The van der Waals surface area contributed by atoms with Crippen LogP contribution in [0, 0.1) is 6.92 Å². The number of carbonyl (C=O) groups is 2. The fourth-order valence-corrected chi connectivity index (χ4v) is 3.07. The summed E-state index contributed by atoms with van der Waals surface area (Å²) in [6.07, 6.45) is 1.67. The number of hydrogen-bond acceptors (Lipinski definition) is 4. The van der Waals surface area contributed by atoms with Gasteiger partial charge in [0.25, 0.3) is 11.1 Å². The summed E-state index contributed by atoms with van der Waals surface area (Å²) in [6, 6.07) is 14.2. The topological polar surface area (TPSA) is 57.6 Å². The third-order valence-corrected chi connectivity index (χ3v) is 4.43. The van der Waals surface area contributed by atoms with Crippen molar-refractivity contribution < 1.29 is 14.7 Å². The fourth-order valence-electron chi connectivity index (χ4n) is 2.23. The van der Waals surface area contributed by atoms with Gasteiger partial charge < -0.3 is 5.11 Å². The second-order valence-electron chi connectivity index (χ2n) is 5.34. The van der Waals surface area contributed by atoms with E-state index >= 15 is 0 Å². The number of nitrogens with zero attached hydrogens (tertiary/aromatic N) is 1. The summed E-state index contributed by atoms with van der Waals surface area (Å²) >= 11 is 0.939. The number of hydrogen-bond donors (Lipinski definition) is 1. The molecule has 0 saturated carbocycles. The van der Waals surface area contributed by atoms with E-state index in [1.165, 1.54) is 4.90 Å². The van der Waals surface area contributed by atoms with Gasteiger partial charge in [-0.2, -0.15) is 0 Å². The van der Waals surface area contributed by atoms with Crippen LogP contribution in [0.2, 0.25) is 0 Å². The van der Waals surface area contributed by atoms with E-state index in [9.17, 15) is 14.7 Å². The van der Waals surface area contributed by atoms with Crippen molar-refractivity contribution in [2.75, 3.05) is 0 Å². The number of benzene rings is 2. The minimum Gasteiger partial charge on any atom is -0.508 e. The molecule has 2 aromatic rings. The molecule has 0 aromatic heterocycles. The predicted molar refractivity (Wildman–Crippen MR) is 90.8 cm³/mol. The third kappa shape index (κ3) is 3.46. The van der Waals surface area contributed by atoms with Gasteiger partial charge in [-0.25, -0.2) is 0 Å². The monoisotopic (exact) mass is 325 g/mol. The first-order valence-corrected chi connectivity index (χ1v) is 7.94. The summed E-state index contributed by atoms with van der Waals surface area (Å²) in [7, 11) is 0. The van der Waals surface area contributed by atoms with Gasteiger partial charge in [0.05, 0.1) is 11.4 Å². The molecule has 0 atom stereocenters. The first kappa shape index (κ1) is 15.4. The average molecular weight is 325 g/mol. The number of rotatable bonds is 3. The molecule has 1 aliphatic rings. The van der Waals surface area contributed by atoms with Gasteiger partial charge in [-0.1, -0.05) is 42.0 Å². The molecule has 2 aromatic carbocycles. The van der Waals surface area contributed by atoms with Crippen LogP contribution in [0.5, 0.6) is 5.75 Å². The van der Waals surface area contributed by atoms with Gasteiger partial charge in [0.2, 0.25) is 0 Å². The van der Waals surface area contributed by atoms with Gasteiger partial charge in [-0.3, -0.25) is 14.5 Å². The molecule has 116 valence electrons. The SMILES string of the molecule is Cc1ccc(CN2C(=O)SC(=Cc3ccc(O)cc3)C2=O)cc1. The van der Waals surface area contributed by atoms with Gasteiger partial charge in [-0.15, -0.1) is 0 Å². The van der Waals surface area contributed by atoms with Crippen LogP contribution in [0.15, 0.2) is 53.4 Å². The van der Waals surface area contributed by atoms with E-state index in [0.29, 0.717) is 4.91 Å². The molecule has 1 heterocycles. The van der Waals surface area contributed by atoms with Gasteiger partial charge in [-0.05, 0) is 48.0 Å². The smallest absolute Gasteiger partial charge is 0.293 e. The summed E-state index contributed by atoms with van der Waals surface area (Å²) in [5.41, 5.74) is 2.82. The lowest BCUT2D eigenvalue weighted by molar-refractivity contribution is -0.123. The van der Waals surface area contributed by atoms with Crippen LogP contribution in [-0.4, -0.2) is 21.2 Å². The maximum atomic E-state index is 12.4. The molecule has 1 fully saturated rings. The van der Waals surface area contributed by atoms with Crippen molar-refractivity contribution in [1.29, 1.82) is 0 Å². The number of phenolic OH excluding ortho intramolecular Hbond substituents is 1. The Balaban J connectivity index is 1.79. The highest BCUT2D eigenvalue weighted by atomic mass is 32.2. The maximum absolute atomic E-state index is 12.4. The number of amides is 2. The molecule has 0 spiro atoms. The van der Waals surface area contributed by atoms with E-state index in [-0.39, 0.29) is 23.4 Å². The van der Waals surface area contributed by atoms with Crippen LogP contribution in [0.4, 0.5) is 4.79 Å². The number of imide groups is 1. The van der Waals surface area contributed by atoms with Gasteiger partial charge in [0.1, 0.15) is 5.75 Å². The van der Waals surface area contributed by atoms with E-state index < -0.39 is 0 Å². The van der Waals surface area contributed by atoms with Crippen LogP contribution >= 0.6 is 11.8 Å². The standard InChI is InChI=1S/C18H15NO3S/c1-12-2-4-14(5-3-12)11-19-17(21)16(23-18(19)22)10-13-6-8-15(20)9-7-13/h2-10,20H,11H2,1H3. The molecule has 1 aliphatic heterocycles. The second kappa shape index (κ2) is 6.30. The van der Waals surface area contributed by atoms with Crippen molar-refractivity contribution in [1.82, 2.24) is 4.90 Å². The third-order valence-electron chi connectivity index (χ3n) is 3.53. The minimum atomic E-state index is -0.284. The number of aromatic hydroxyl groups is 1. The van der Waals surface area contributed by atoms with Gasteiger partial charge >= 0.3 is 0 Å². The molecule has 0 radical (unpaired) electrons. The molecule has 1 N–H and O–H groups in total. The summed E-state index contributed by atoms with van der Waals surface area (Å²) < 4.78 is 0. The molecular formula is C18H15NO3S. The lowest BCUT2D eigenvalue weighted by atomic mass is 10.1. The van der Waals surface area contributed by atoms with E-state index in [1.54, 1.807) is 30.3 Å². The van der Waals surface area contributed by atoms with Crippen LogP contribution in [0.1, 0.15) is 16.7 Å². The Bertz CT molecular complexity index is 779. The Kier molecular flexibility index (Phi) is 4.21. The first-order valence-electron chi connectivity index (χ1n) is 7.13. The highest BCUT2D eigenvalue weighted by molar-refractivity contribution is 8.18. The van der Waals surface area contributed by atoms with E-state index in [0.717, 1.165) is 28.5 Å². The van der Waals surface area contributed by atoms with Crippen molar-refractivity contribution in [3.63, 3.8) is 0 Å². The number of phenols is 1. The molecule has 5 heteroatoms. The molecule has 23 heavy (non-hydrogen) atoms. The van der Waals surface area contributed by atoms with Crippen molar-refractivity contribution in [2.45, 2.75) is 13.5 Å². The van der Waals surface area contributed by atoms with E-state index in [4.69, 9.17) is 0 Å². The molecule has 0 unspecified atom stereocenters. The normalized spacial score (nSPS) is 16.4. The lowest BCUT2D eigenvalue weighted by Gasteiger charge is -2.12. The highest BCUT2D eigenvalue weighted by Crippen LogP contribution is 2.33. The van der Waals surface area contributed by atoms with Gasteiger partial charge in [0, 0.05) is 0 Å². The quantitative estimate of drug-likeness (QED) is 0.869. The molecule has 1 saturated heterocycles. The van der Waals surface area contributed by atoms with Crippen LogP contribution in [-0.2, 0) is 11.3 Å². The number of thioether (sulfide) groups is 1. The van der Waals surface area contributed by atoms with Crippen LogP contribution in [0.25, 0.3) is 6.08 Å². The van der Waals surface area contributed by atoms with Crippen molar-refractivity contribution in [2.24, 2.45) is 0 Å². The van der Waals surface area contributed by atoms with Crippen molar-refractivity contribution in [3.05, 3.63) is 70.1 Å². The van der Waals surface area contributed by atoms with Crippen molar-refractivity contribution in [3.8, 4) is 5.75 Å². The zero-order valence-electron chi connectivity index (χ0n) is 12.5.